The summed E-state index contributed by atoms with van der Waals surface area (Å²) in [5.41, 5.74) is 1.21. The van der Waals surface area contributed by atoms with Crippen molar-refractivity contribution >= 4 is 27.3 Å². The van der Waals surface area contributed by atoms with E-state index in [1.807, 2.05) is 57.0 Å². The molecule has 0 unspecified atom stereocenters. The zero-order valence-corrected chi connectivity index (χ0v) is 26.2. The maximum absolute atomic E-state index is 14.8. The molecule has 0 fully saturated rings. The molecule has 0 aliphatic carbocycles. The topological polar surface area (TPSA) is 73.5 Å². The van der Waals surface area contributed by atoms with Gasteiger partial charge in [0, 0.05) is 50.0 Å². The molecule has 0 atom stereocenters. The van der Waals surface area contributed by atoms with Crippen LogP contribution in [0.1, 0.15) is 50.3 Å². The molecular formula is C33H39F2N3O4S. The number of carbonyl (C=O) groups is 1. The minimum atomic E-state index is -0.756. The van der Waals surface area contributed by atoms with E-state index in [-0.39, 0.29) is 30.4 Å². The first-order valence-corrected chi connectivity index (χ1v) is 15.4. The molecule has 0 bridgehead atoms. The SMILES string of the molecule is CCC(=O)Cc1ccc(-c2sc3c(c2CN(C)CCOC)c(=O)n(CCC(C)C)c(=O)n3Cc2c(F)cccc2F)cc1. The molecular weight excluding hydrogens is 572 g/mol. The second-order valence-electron chi connectivity index (χ2n) is 11.3. The third-order valence-electron chi connectivity index (χ3n) is 7.58. The Labute approximate surface area is 254 Å². The maximum atomic E-state index is 14.8. The fraction of sp³-hybridized carbons (Fsp3) is 0.424. The summed E-state index contributed by atoms with van der Waals surface area (Å²) in [7, 11) is 3.55. The van der Waals surface area contributed by atoms with Crippen LogP contribution in [0.4, 0.5) is 8.78 Å². The summed E-state index contributed by atoms with van der Waals surface area (Å²) >= 11 is 1.27. The third-order valence-corrected chi connectivity index (χ3v) is 8.88. The van der Waals surface area contributed by atoms with E-state index >= 15 is 0 Å². The van der Waals surface area contributed by atoms with Gasteiger partial charge in [-0.2, -0.15) is 0 Å². The van der Waals surface area contributed by atoms with Gasteiger partial charge in [-0.3, -0.25) is 23.6 Å². The van der Waals surface area contributed by atoms with Gasteiger partial charge in [0.1, 0.15) is 22.2 Å². The molecule has 230 valence electrons. The molecule has 0 radical (unpaired) electrons. The number of hydrogen-bond acceptors (Lipinski definition) is 6. The maximum Gasteiger partial charge on any atom is 0.332 e. The Balaban J connectivity index is 1.99. The molecule has 0 aliphatic rings. The number of ether oxygens (including phenoxy) is 1. The molecule has 4 aromatic rings. The second-order valence-corrected chi connectivity index (χ2v) is 12.3. The van der Waals surface area contributed by atoms with Crippen LogP contribution >= 0.6 is 11.3 Å². The van der Waals surface area contributed by atoms with Crippen molar-refractivity contribution in [2.24, 2.45) is 5.92 Å². The van der Waals surface area contributed by atoms with E-state index in [4.69, 9.17) is 4.74 Å². The van der Waals surface area contributed by atoms with Crippen LogP contribution in [0.25, 0.3) is 20.7 Å². The number of benzene rings is 2. The normalized spacial score (nSPS) is 11.7. The summed E-state index contributed by atoms with van der Waals surface area (Å²) < 4.78 is 37.5. The molecule has 43 heavy (non-hydrogen) atoms. The minimum Gasteiger partial charge on any atom is -0.383 e. The number of nitrogens with zero attached hydrogens (tertiary/aromatic N) is 3. The predicted molar refractivity (Wildman–Crippen MR) is 168 cm³/mol. The average molecular weight is 612 g/mol. The van der Waals surface area contributed by atoms with E-state index in [0.717, 1.165) is 33.7 Å². The van der Waals surface area contributed by atoms with E-state index < -0.39 is 22.9 Å². The number of Topliss-reactive ketones (excluding diaryl/α,β-unsaturated/α-hetero) is 1. The smallest absolute Gasteiger partial charge is 0.332 e. The summed E-state index contributed by atoms with van der Waals surface area (Å²) in [6, 6.07) is 11.2. The van der Waals surface area contributed by atoms with Crippen LogP contribution in [-0.4, -0.2) is 47.1 Å². The Morgan fingerprint density at radius 2 is 1.70 bits per heavy atom. The van der Waals surface area contributed by atoms with Crippen LogP contribution in [0.15, 0.2) is 52.1 Å². The Bertz CT molecular complexity index is 1690. The Hall–Kier alpha value is -3.47. The van der Waals surface area contributed by atoms with Crippen molar-refractivity contribution in [1.82, 2.24) is 14.0 Å². The van der Waals surface area contributed by atoms with Gasteiger partial charge in [-0.25, -0.2) is 13.6 Å². The van der Waals surface area contributed by atoms with Crippen LogP contribution < -0.4 is 11.2 Å². The highest BCUT2D eigenvalue weighted by molar-refractivity contribution is 7.22. The summed E-state index contributed by atoms with van der Waals surface area (Å²) in [5, 5.41) is 0.370. The van der Waals surface area contributed by atoms with Crippen LogP contribution in [-0.2, 0) is 35.6 Å². The number of halogens is 2. The standard InChI is InChI=1S/C33H39F2N3O4S/c1-6-24(39)18-22-10-12-23(13-11-22)30-26(19-36(4)16-17-42-5)29-31(40)37(15-14-21(2)3)33(41)38(32(29)43-30)20-25-27(34)8-7-9-28(25)35/h7-13,21H,6,14-20H2,1-5H3. The first-order valence-electron chi connectivity index (χ1n) is 14.6. The van der Waals surface area contributed by atoms with Crippen molar-refractivity contribution in [1.29, 1.82) is 0 Å². The third kappa shape index (κ3) is 7.37. The fourth-order valence-corrected chi connectivity index (χ4v) is 6.29. The van der Waals surface area contributed by atoms with Crippen molar-refractivity contribution in [3.05, 3.63) is 91.6 Å². The lowest BCUT2D eigenvalue weighted by molar-refractivity contribution is -0.118. The van der Waals surface area contributed by atoms with E-state index in [0.29, 0.717) is 49.2 Å². The summed E-state index contributed by atoms with van der Waals surface area (Å²) in [5.74, 6) is -1.14. The second kappa shape index (κ2) is 14.3. The molecule has 0 saturated carbocycles. The number of thiophene rings is 1. The first-order chi connectivity index (χ1) is 20.5. The molecule has 0 aliphatic heterocycles. The van der Waals surface area contributed by atoms with E-state index in [9.17, 15) is 23.2 Å². The highest BCUT2D eigenvalue weighted by atomic mass is 32.1. The number of hydrogen-bond donors (Lipinski definition) is 0. The summed E-state index contributed by atoms with van der Waals surface area (Å²) in [6.45, 7) is 7.17. The van der Waals surface area contributed by atoms with Crippen molar-refractivity contribution < 1.29 is 18.3 Å². The molecule has 10 heteroatoms. The van der Waals surface area contributed by atoms with Crippen LogP contribution in [0.3, 0.4) is 0 Å². The highest BCUT2D eigenvalue weighted by Crippen LogP contribution is 2.38. The highest BCUT2D eigenvalue weighted by Gasteiger charge is 2.25. The van der Waals surface area contributed by atoms with Crippen LogP contribution in [0, 0.1) is 17.6 Å². The van der Waals surface area contributed by atoms with Gasteiger partial charge >= 0.3 is 5.69 Å². The summed E-state index contributed by atoms with van der Waals surface area (Å²) in [6.07, 6.45) is 1.38. The van der Waals surface area contributed by atoms with Gasteiger partial charge in [-0.05, 0) is 48.2 Å². The van der Waals surface area contributed by atoms with Gasteiger partial charge in [0.15, 0.2) is 0 Å². The summed E-state index contributed by atoms with van der Waals surface area (Å²) in [4.78, 5) is 43.2. The number of likely N-dealkylation sites (N-methyl/N-ethyl adjacent to an activating group) is 1. The largest absolute Gasteiger partial charge is 0.383 e. The number of fused-ring (bicyclic) bond motifs is 1. The number of ketones is 1. The van der Waals surface area contributed by atoms with E-state index in [1.165, 1.54) is 26.5 Å². The van der Waals surface area contributed by atoms with Gasteiger partial charge in [0.05, 0.1) is 18.5 Å². The van der Waals surface area contributed by atoms with Crippen molar-refractivity contribution in [3.63, 3.8) is 0 Å². The van der Waals surface area contributed by atoms with E-state index in [1.54, 1.807) is 7.11 Å². The first kappa shape index (κ1) is 32.4. The average Bonchev–Trinajstić information content (AvgIpc) is 3.34. The Morgan fingerprint density at radius 1 is 1.02 bits per heavy atom. The fourth-order valence-electron chi connectivity index (χ4n) is 4.99. The van der Waals surface area contributed by atoms with Gasteiger partial charge < -0.3 is 4.74 Å². The monoisotopic (exact) mass is 611 g/mol. The van der Waals surface area contributed by atoms with Crippen molar-refractivity contribution in [3.8, 4) is 10.4 Å². The number of carbonyl (C=O) groups excluding carboxylic acids is 1. The molecule has 2 aromatic heterocycles. The molecule has 7 nitrogen and oxygen atoms in total. The predicted octanol–water partition coefficient (Wildman–Crippen LogP) is 5.86. The number of rotatable bonds is 14. The molecule has 0 spiro atoms. The zero-order valence-electron chi connectivity index (χ0n) is 25.4. The van der Waals surface area contributed by atoms with Crippen molar-refractivity contribution in [2.45, 2.75) is 59.7 Å². The lowest BCUT2D eigenvalue weighted by Gasteiger charge is -2.18. The van der Waals surface area contributed by atoms with Gasteiger partial charge in [0.2, 0.25) is 0 Å². The Kier molecular flexibility index (Phi) is 10.8. The van der Waals surface area contributed by atoms with Crippen LogP contribution in [0.5, 0.6) is 0 Å². The van der Waals surface area contributed by atoms with Gasteiger partial charge in [-0.15, -0.1) is 11.3 Å². The lowest BCUT2D eigenvalue weighted by atomic mass is 10.0. The molecule has 2 heterocycles. The Morgan fingerprint density at radius 3 is 2.30 bits per heavy atom. The molecule has 2 aromatic carbocycles. The quantitative estimate of drug-likeness (QED) is 0.179. The molecule has 0 saturated heterocycles. The van der Waals surface area contributed by atoms with Crippen molar-refractivity contribution in [2.75, 3.05) is 27.3 Å². The zero-order chi connectivity index (χ0) is 31.3. The molecule has 4 rings (SSSR count). The van der Waals surface area contributed by atoms with Gasteiger partial charge in [-0.1, -0.05) is 51.1 Å². The molecule has 0 N–H and O–H groups in total. The van der Waals surface area contributed by atoms with Crippen LogP contribution in [0.2, 0.25) is 0 Å². The lowest BCUT2D eigenvalue weighted by Crippen LogP contribution is -2.40. The number of methoxy groups -OCH3 is 1. The number of aromatic nitrogens is 2. The van der Waals surface area contributed by atoms with E-state index in [2.05, 4.69) is 0 Å². The minimum absolute atomic E-state index is 0.140. The van der Waals surface area contributed by atoms with Gasteiger partial charge in [0.25, 0.3) is 5.56 Å². The molecule has 0 amide bonds.